The van der Waals surface area contributed by atoms with Crippen LogP contribution in [-0.4, -0.2) is 28.0 Å². The number of carboxylic acid groups (broad SMARTS) is 1. The van der Waals surface area contributed by atoms with Gasteiger partial charge in [-0.05, 0) is 18.6 Å². The number of nitrogens with two attached hydrogens (primary N) is 2. The highest BCUT2D eigenvalue weighted by atomic mass is 16.5. The third-order valence-corrected chi connectivity index (χ3v) is 2.96. The first-order valence-corrected chi connectivity index (χ1v) is 6.02. The summed E-state index contributed by atoms with van der Waals surface area (Å²) >= 11 is 0. The Morgan fingerprint density at radius 3 is 2.75 bits per heavy atom. The molecule has 0 aliphatic carbocycles. The minimum absolute atomic E-state index is 0.0496. The molecule has 0 saturated heterocycles. The monoisotopic (exact) mass is 276 g/mol. The molecule has 0 aliphatic rings. The lowest BCUT2D eigenvalue weighted by Crippen LogP contribution is -2.05. The number of rotatable bonds is 5. The van der Waals surface area contributed by atoms with Crippen LogP contribution < -0.4 is 16.2 Å². The molecule has 106 valence electrons. The van der Waals surface area contributed by atoms with Crippen LogP contribution in [-0.2, 0) is 11.2 Å². The van der Waals surface area contributed by atoms with Crippen LogP contribution in [0.4, 0.5) is 11.6 Å². The van der Waals surface area contributed by atoms with Crippen LogP contribution in [0.15, 0.2) is 24.3 Å². The van der Waals surface area contributed by atoms with Crippen LogP contribution in [0, 0.1) is 0 Å². The van der Waals surface area contributed by atoms with Crippen LogP contribution in [0.25, 0.3) is 5.69 Å². The van der Waals surface area contributed by atoms with Crippen molar-refractivity contribution in [3.63, 3.8) is 0 Å². The van der Waals surface area contributed by atoms with Crippen LogP contribution in [0.5, 0.6) is 5.75 Å². The van der Waals surface area contributed by atoms with Crippen LogP contribution in [0.2, 0.25) is 0 Å². The Morgan fingerprint density at radius 2 is 2.10 bits per heavy atom. The largest absolute Gasteiger partial charge is 0.494 e. The van der Waals surface area contributed by atoms with E-state index in [0.717, 1.165) is 0 Å². The van der Waals surface area contributed by atoms with Crippen molar-refractivity contribution >= 4 is 17.6 Å². The van der Waals surface area contributed by atoms with Crippen LogP contribution >= 0.6 is 0 Å². The highest BCUT2D eigenvalue weighted by Crippen LogP contribution is 2.29. The normalized spacial score (nSPS) is 10.4. The number of hydrogen-bond acceptors (Lipinski definition) is 5. The molecule has 5 N–H and O–H groups in total. The summed E-state index contributed by atoms with van der Waals surface area (Å²) < 4.78 is 6.71. The summed E-state index contributed by atoms with van der Waals surface area (Å²) in [6, 6.07) is 7.23. The number of aromatic nitrogens is 2. The Morgan fingerprint density at radius 1 is 1.40 bits per heavy atom. The van der Waals surface area contributed by atoms with E-state index in [1.165, 1.54) is 4.68 Å². The first-order chi connectivity index (χ1) is 9.54. The molecule has 0 radical (unpaired) electrons. The highest BCUT2D eigenvalue weighted by Gasteiger charge is 2.17. The predicted molar refractivity (Wildman–Crippen MR) is 74.9 cm³/mol. The predicted octanol–water partition coefficient (Wildman–Crippen LogP) is 1.06. The first kappa shape index (κ1) is 13.7. The molecular formula is C13H16N4O3. The lowest BCUT2D eigenvalue weighted by Gasteiger charge is -2.09. The first-order valence-electron chi connectivity index (χ1n) is 6.02. The number of nitrogens with zero attached hydrogens (tertiary/aromatic N) is 2. The van der Waals surface area contributed by atoms with E-state index in [-0.39, 0.29) is 18.7 Å². The van der Waals surface area contributed by atoms with Crippen molar-refractivity contribution in [1.29, 1.82) is 0 Å². The van der Waals surface area contributed by atoms with Gasteiger partial charge in [-0.15, -0.1) is 5.10 Å². The van der Waals surface area contributed by atoms with Gasteiger partial charge in [0.05, 0.1) is 7.11 Å². The van der Waals surface area contributed by atoms with E-state index in [0.29, 0.717) is 22.8 Å². The second kappa shape index (κ2) is 5.52. The molecule has 2 aromatic rings. The number of para-hydroxylation sites is 2. The molecular weight excluding hydrogens is 260 g/mol. The van der Waals surface area contributed by atoms with Crippen molar-refractivity contribution in [2.45, 2.75) is 12.8 Å². The lowest BCUT2D eigenvalue weighted by atomic mass is 10.1. The molecule has 1 aromatic carbocycles. The molecule has 1 heterocycles. The number of hydrogen-bond donors (Lipinski definition) is 3. The van der Waals surface area contributed by atoms with Crippen molar-refractivity contribution < 1.29 is 14.6 Å². The molecule has 0 unspecified atom stereocenters. The lowest BCUT2D eigenvalue weighted by molar-refractivity contribution is -0.136. The number of carbonyl (C=O) groups is 1. The number of carboxylic acids is 1. The molecule has 7 nitrogen and oxygen atoms in total. The maximum absolute atomic E-state index is 10.6. The number of ether oxygens (including phenoxy) is 1. The average molecular weight is 276 g/mol. The Bertz CT molecular complexity index is 637. The molecule has 0 aliphatic heterocycles. The van der Waals surface area contributed by atoms with Crippen molar-refractivity contribution in [3.8, 4) is 11.4 Å². The fourth-order valence-electron chi connectivity index (χ4n) is 1.96. The van der Waals surface area contributed by atoms with E-state index in [1.807, 2.05) is 12.1 Å². The summed E-state index contributed by atoms with van der Waals surface area (Å²) in [5.41, 5.74) is 13.0. The Kier molecular flexibility index (Phi) is 3.79. The third kappa shape index (κ3) is 2.51. The number of nitrogen functional groups attached to an aromatic ring is 2. The van der Waals surface area contributed by atoms with Gasteiger partial charge in [0.25, 0.3) is 0 Å². The topological polar surface area (TPSA) is 116 Å². The number of aliphatic carboxylic acids is 1. The molecule has 0 fully saturated rings. The van der Waals surface area contributed by atoms with Crippen molar-refractivity contribution in [3.05, 3.63) is 29.8 Å². The average Bonchev–Trinajstić information content (AvgIpc) is 2.71. The summed E-state index contributed by atoms with van der Waals surface area (Å²) in [4.78, 5) is 10.6. The van der Waals surface area contributed by atoms with Gasteiger partial charge in [0.2, 0.25) is 0 Å². The van der Waals surface area contributed by atoms with Gasteiger partial charge in [-0.1, -0.05) is 12.1 Å². The molecule has 7 heteroatoms. The van der Waals surface area contributed by atoms with Gasteiger partial charge in [-0.2, -0.15) is 0 Å². The molecule has 0 atom stereocenters. The smallest absolute Gasteiger partial charge is 0.303 e. The zero-order valence-corrected chi connectivity index (χ0v) is 11.0. The standard InChI is InChI=1S/C13H16N4O3/c1-20-10-5-3-2-4-9(10)17-13(15)8(12(14)16-17)6-7-11(18)19/h2-5H,6-7,15H2,1H3,(H2,14,16)(H,18,19). The van der Waals surface area contributed by atoms with E-state index >= 15 is 0 Å². The highest BCUT2D eigenvalue weighted by molar-refractivity contribution is 5.69. The molecule has 0 saturated carbocycles. The number of benzene rings is 1. The zero-order valence-electron chi connectivity index (χ0n) is 11.0. The summed E-state index contributed by atoms with van der Waals surface area (Å²) in [5, 5.41) is 12.9. The maximum Gasteiger partial charge on any atom is 0.303 e. The number of methoxy groups -OCH3 is 1. The molecule has 0 amide bonds. The maximum atomic E-state index is 10.6. The summed E-state index contributed by atoms with van der Waals surface area (Å²) in [6.07, 6.45) is 0.189. The third-order valence-electron chi connectivity index (χ3n) is 2.96. The Hall–Kier alpha value is -2.70. The van der Waals surface area contributed by atoms with Gasteiger partial charge < -0.3 is 21.3 Å². The molecule has 0 bridgehead atoms. The minimum Gasteiger partial charge on any atom is -0.494 e. The van der Waals surface area contributed by atoms with Gasteiger partial charge in [0.15, 0.2) is 5.82 Å². The molecule has 2 rings (SSSR count). The van der Waals surface area contributed by atoms with Crippen LogP contribution in [0.1, 0.15) is 12.0 Å². The summed E-state index contributed by atoms with van der Waals surface area (Å²) in [5.74, 6) is 0.253. The van der Waals surface area contributed by atoms with E-state index in [9.17, 15) is 4.79 Å². The fraction of sp³-hybridized carbons (Fsp3) is 0.231. The fourth-order valence-corrected chi connectivity index (χ4v) is 1.96. The van der Waals surface area contributed by atoms with Gasteiger partial charge in [0.1, 0.15) is 17.3 Å². The number of anilines is 2. The Balaban J connectivity index is 2.43. The second-order valence-electron chi connectivity index (χ2n) is 4.23. The quantitative estimate of drug-likeness (QED) is 0.752. The molecule has 1 aromatic heterocycles. The molecule has 0 spiro atoms. The van der Waals surface area contributed by atoms with Gasteiger partial charge in [-0.3, -0.25) is 4.79 Å². The van der Waals surface area contributed by atoms with E-state index < -0.39 is 5.97 Å². The van der Waals surface area contributed by atoms with Gasteiger partial charge in [-0.25, -0.2) is 4.68 Å². The van der Waals surface area contributed by atoms with E-state index in [2.05, 4.69) is 5.10 Å². The van der Waals surface area contributed by atoms with Crippen molar-refractivity contribution in [2.24, 2.45) is 0 Å². The zero-order chi connectivity index (χ0) is 14.7. The van der Waals surface area contributed by atoms with Crippen LogP contribution in [0.3, 0.4) is 0 Å². The van der Waals surface area contributed by atoms with E-state index in [1.54, 1.807) is 19.2 Å². The minimum atomic E-state index is -0.908. The summed E-state index contributed by atoms with van der Waals surface area (Å²) in [6.45, 7) is 0. The Labute approximate surface area is 115 Å². The van der Waals surface area contributed by atoms with Crippen molar-refractivity contribution in [2.75, 3.05) is 18.6 Å². The van der Waals surface area contributed by atoms with Gasteiger partial charge in [0, 0.05) is 12.0 Å². The molecule has 20 heavy (non-hydrogen) atoms. The van der Waals surface area contributed by atoms with Gasteiger partial charge >= 0.3 is 5.97 Å². The second-order valence-corrected chi connectivity index (χ2v) is 4.23. The SMILES string of the molecule is COc1ccccc1-n1nc(N)c(CCC(=O)O)c1N. The summed E-state index contributed by atoms with van der Waals surface area (Å²) in [7, 11) is 1.55. The van der Waals surface area contributed by atoms with E-state index in [4.69, 9.17) is 21.3 Å². The van der Waals surface area contributed by atoms with Crippen molar-refractivity contribution in [1.82, 2.24) is 9.78 Å².